The van der Waals surface area contributed by atoms with Crippen LogP contribution in [0.15, 0.2) is 79.2 Å². The van der Waals surface area contributed by atoms with E-state index in [0.717, 1.165) is 65.2 Å². The molecule has 1 aromatic carbocycles. The fourth-order valence-corrected chi connectivity index (χ4v) is 5.41. The van der Waals surface area contributed by atoms with Crippen LogP contribution in [0.1, 0.15) is 50.8 Å². The number of aromatic nitrogens is 4. The van der Waals surface area contributed by atoms with Gasteiger partial charge in [0.25, 0.3) is 0 Å². The Bertz CT molecular complexity index is 1440. The van der Waals surface area contributed by atoms with Crippen LogP contribution in [0.3, 0.4) is 0 Å². The van der Waals surface area contributed by atoms with E-state index in [4.69, 9.17) is 9.97 Å². The number of fused-ring (bicyclic) bond motifs is 1. The van der Waals surface area contributed by atoms with Crippen LogP contribution in [0.25, 0.3) is 33.8 Å². The van der Waals surface area contributed by atoms with Crippen LogP contribution in [0.2, 0.25) is 0 Å². The molecule has 0 bridgehead atoms. The summed E-state index contributed by atoms with van der Waals surface area (Å²) in [6.07, 6.45) is 15.1. The molecular weight excluding hydrogens is 468 g/mol. The topological polar surface area (TPSA) is 58.9 Å². The Morgan fingerprint density at radius 2 is 1.74 bits per heavy atom. The van der Waals surface area contributed by atoms with E-state index in [1.807, 2.05) is 32.2 Å². The van der Waals surface area contributed by atoms with Gasteiger partial charge in [0.2, 0.25) is 0 Å². The maximum Gasteiger partial charge on any atom is 0.165 e. The Labute approximate surface area is 225 Å². The molecule has 3 aromatic heterocycles. The lowest BCUT2D eigenvalue weighted by molar-refractivity contribution is 0.190. The largest absolute Gasteiger partial charge is 0.311 e. The van der Waals surface area contributed by atoms with Gasteiger partial charge in [-0.25, -0.2) is 9.97 Å². The van der Waals surface area contributed by atoms with Gasteiger partial charge in [-0.1, -0.05) is 30.4 Å². The number of hydrogen-bond acceptors (Lipinski definition) is 5. The van der Waals surface area contributed by atoms with Crippen molar-refractivity contribution in [2.45, 2.75) is 58.2 Å². The van der Waals surface area contributed by atoms with Gasteiger partial charge in [0.15, 0.2) is 5.65 Å². The number of hydrogen-bond donors (Lipinski definition) is 1. The number of rotatable bonds is 8. The minimum absolute atomic E-state index is 0.704. The van der Waals surface area contributed by atoms with Gasteiger partial charge in [-0.15, -0.1) is 0 Å². The van der Waals surface area contributed by atoms with Crippen LogP contribution in [-0.2, 0) is 6.54 Å². The van der Waals surface area contributed by atoms with Crippen LogP contribution in [0.4, 0.5) is 0 Å². The van der Waals surface area contributed by atoms with Gasteiger partial charge >= 0.3 is 0 Å². The molecule has 1 aliphatic carbocycles. The Hall–Kier alpha value is -3.61. The van der Waals surface area contributed by atoms with E-state index in [1.54, 1.807) is 6.20 Å². The summed E-state index contributed by atoms with van der Waals surface area (Å²) in [6.45, 7) is 7.39. The predicted octanol–water partition coefficient (Wildman–Crippen LogP) is 6.18. The van der Waals surface area contributed by atoms with Gasteiger partial charge in [-0.2, -0.15) is 0 Å². The van der Waals surface area contributed by atoms with E-state index in [1.165, 1.54) is 31.2 Å². The zero-order chi connectivity index (χ0) is 25.9. The molecule has 2 aliphatic rings. The van der Waals surface area contributed by atoms with Crippen molar-refractivity contribution < 1.29 is 0 Å². The second-order valence-corrected chi connectivity index (χ2v) is 10.5. The summed E-state index contributed by atoms with van der Waals surface area (Å²) in [7, 11) is 0. The molecule has 4 aromatic rings. The first-order valence-electron chi connectivity index (χ1n) is 13.9. The second kappa shape index (κ2) is 11.0. The third kappa shape index (κ3) is 5.33. The number of nitrogens with one attached hydrogen (secondary N) is 1. The Kier molecular flexibility index (Phi) is 7.16. The van der Waals surface area contributed by atoms with Crippen LogP contribution >= 0.6 is 0 Å². The standard InChI is InChI=1S/C32H36N6/c1-3-6-24(4-2)29-14-15-30-32(35-29)38(31(36-30)25-7-5-18-33-21-25)28-12-8-23(9-13-28)22-37-19-16-27(17-20-37)34-26-10-11-26/h3-9,12-15,18,21,26-27,34H,10-11,16-17,19-20,22H2,1-2H3/b6-3-,24-4+. The molecule has 4 heterocycles. The molecule has 6 nitrogen and oxygen atoms in total. The SMILES string of the molecule is C/C=C\C(=C/C)c1ccc2nc(-c3cccnc3)n(-c3ccc(CN4CCC(NC5CC5)CC4)cc3)c2n1. The summed E-state index contributed by atoms with van der Waals surface area (Å²) in [5, 5.41) is 3.80. The quantitative estimate of drug-likeness (QED) is 0.291. The van der Waals surface area contributed by atoms with Gasteiger partial charge in [-0.05, 0) is 100 Å². The minimum atomic E-state index is 0.704. The summed E-state index contributed by atoms with van der Waals surface area (Å²) in [4.78, 5) is 17.0. The van der Waals surface area contributed by atoms with Gasteiger partial charge in [0, 0.05) is 42.3 Å². The van der Waals surface area contributed by atoms with Crippen LogP contribution < -0.4 is 5.32 Å². The Balaban J connectivity index is 1.30. The molecule has 2 fully saturated rings. The van der Waals surface area contributed by atoms with Crippen molar-refractivity contribution in [3.8, 4) is 17.1 Å². The average molecular weight is 505 g/mol. The van der Waals surface area contributed by atoms with Gasteiger partial charge in [-0.3, -0.25) is 14.5 Å². The zero-order valence-corrected chi connectivity index (χ0v) is 22.3. The van der Waals surface area contributed by atoms with E-state index < -0.39 is 0 Å². The summed E-state index contributed by atoms with van der Waals surface area (Å²) in [5.41, 5.74) is 7.12. The fourth-order valence-electron chi connectivity index (χ4n) is 5.41. The summed E-state index contributed by atoms with van der Waals surface area (Å²) in [6, 6.07) is 18.5. The lowest BCUT2D eigenvalue weighted by atomic mass is 10.0. The maximum absolute atomic E-state index is 5.08. The maximum atomic E-state index is 5.08. The third-order valence-corrected chi connectivity index (χ3v) is 7.61. The summed E-state index contributed by atoms with van der Waals surface area (Å²) >= 11 is 0. The van der Waals surface area contributed by atoms with Gasteiger partial charge in [0.1, 0.15) is 11.3 Å². The lowest BCUT2D eigenvalue weighted by Gasteiger charge is -2.32. The molecule has 38 heavy (non-hydrogen) atoms. The third-order valence-electron chi connectivity index (χ3n) is 7.61. The van der Waals surface area contributed by atoms with E-state index in [2.05, 4.69) is 74.4 Å². The number of imidazole rings is 1. The first kappa shape index (κ1) is 24.7. The highest BCUT2D eigenvalue weighted by atomic mass is 15.2. The van der Waals surface area contributed by atoms with Crippen molar-refractivity contribution in [2.24, 2.45) is 0 Å². The number of benzene rings is 1. The van der Waals surface area contributed by atoms with Crippen LogP contribution in [-0.4, -0.2) is 49.6 Å². The molecule has 194 valence electrons. The Morgan fingerprint density at radius 3 is 2.42 bits per heavy atom. The number of nitrogens with zero attached hydrogens (tertiary/aromatic N) is 5. The first-order chi connectivity index (χ1) is 18.7. The zero-order valence-electron chi connectivity index (χ0n) is 22.3. The smallest absolute Gasteiger partial charge is 0.165 e. The van der Waals surface area contributed by atoms with Crippen molar-refractivity contribution >= 4 is 16.7 Å². The highest BCUT2D eigenvalue weighted by Gasteiger charge is 2.27. The molecule has 1 saturated carbocycles. The van der Waals surface area contributed by atoms with E-state index in [-0.39, 0.29) is 0 Å². The second-order valence-electron chi connectivity index (χ2n) is 10.5. The predicted molar refractivity (Wildman–Crippen MR) is 155 cm³/mol. The first-order valence-corrected chi connectivity index (χ1v) is 13.9. The highest BCUT2D eigenvalue weighted by Crippen LogP contribution is 2.29. The van der Waals surface area contributed by atoms with Gasteiger partial charge in [0.05, 0.1) is 5.69 Å². The molecule has 0 unspecified atom stereocenters. The van der Waals surface area contributed by atoms with Crippen molar-refractivity contribution in [3.63, 3.8) is 0 Å². The molecule has 1 aliphatic heterocycles. The molecule has 0 radical (unpaired) electrons. The molecule has 0 spiro atoms. The molecule has 6 heteroatoms. The molecule has 1 saturated heterocycles. The molecule has 6 rings (SSSR count). The van der Waals surface area contributed by atoms with Crippen molar-refractivity contribution in [2.75, 3.05) is 13.1 Å². The van der Waals surface area contributed by atoms with E-state index >= 15 is 0 Å². The minimum Gasteiger partial charge on any atom is -0.311 e. The highest BCUT2D eigenvalue weighted by molar-refractivity contribution is 5.83. The summed E-state index contributed by atoms with van der Waals surface area (Å²) < 4.78 is 2.16. The van der Waals surface area contributed by atoms with E-state index in [0.29, 0.717) is 6.04 Å². The van der Waals surface area contributed by atoms with Crippen molar-refractivity contribution in [1.29, 1.82) is 0 Å². The molecular formula is C32H36N6. The number of allylic oxidation sites excluding steroid dienone is 4. The normalized spacial score (nSPS) is 17.6. The van der Waals surface area contributed by atoms with Crippen LogP contribution in [0.5, 0.6) is 0 Å². The monoisotopic (exact) mass is 504 g/mol. The van der Waals surface area contributed by atoms with Crippen LogP contribution in [0, 0.1) is 0 Å². The Morgan fingerprint density at radius 1 is 0.947 bits per heavy atom. The number of pyridine rings is 2. The van der Waals surface area contributed by atoms with Crippen molar-refractivity contribution in [3.05, 3.63) is 90.4 Å². The molecule has 1 N–H and O–H groups in total. The van der Waals surface area contributed by atoms with Gasteiger partial charge < -0.3 is 5.32 Å². The average Bonchev–Trinajstić information content (AvgIpc) is 3.70. The number of piperidine rings is 1. The van der Waals surface area contributed by atoms with E-state index in [9.17, 15) is 0 Å². The van der Waals surface area contributed by atoms with Crippen molar-refractivity contribution in [1.82, 2.24) is 29.7 Å². The fraction of sp³-hybridized carbons (Fsp3) is 0.344. The summed E-state index contributed by atoms with van der Waals surface area (Å²) in [5.74, 6) is 0.851. The lowest BCUT2D eigenvalue weighted by Crippen LogP contribution is -2.42. The molecule has 0 amide bonds. The molecule has 0 atom stereocenters. The number of likely N-dealkylation sites (tertiary alicyclic amines) is 1.